The highest BCUT2D eigenvalue weighted by molar-refractivity contribution is 9.10. The van der Waals surface area contributed by atoms with Crippen molar-refractivity contribution < 1.29 is 0 Å². The van der Waals surface area contributed by atoms with Crippen LogP contribution in [-0.4, -0.2) is 0 Å². The number of anilines is 3. The molecule has 5 aromatic carbocycles. The van der Waals surface area contributed by atoms with Gasteiger partial charge in [-0.15, -0.1) is 0 Å². The summed E-state index contributed by atoms with van der Waals surface area (Å²) in [6.07, 6.45) is 0. The molecular formula is C28H20BrN. The Morgan fingerprint density at radius 2 is 1.03 bits per heavy atom. The van der Waals surface area contributed by atoms with Gasteiger partial charge in [-0.05, 0) is 59.0 Å². The number of hydrogen-bond acceptors (Lipinski definition) is 1. The highest BCUT2D eigenvalue weighted by Crippen LogP contribution is 2.39. The van der Waals surface area contributed by atoms with Gasteiger partial charge in [0.05, 0.1) is 5.69 Å². The maximum atomic E-state index is 3.51. The highest BCUT2D eigenvalue weighted by atomic mass is 79.9. The van der Waals surface area contributed by atoms with E-state index in [4.69, 9.17) is 0 Å². The Bertz CT molecular complexity index is 1270. The lowest BCUT2D eigenvalue weighted by Gasteiger charge is -2.27. The van der Waals surface area contributed by atoms with Crippen molar-refractivity contribution in [3.8, 4) is 11.1 Å². The zero-order chi connectivity index (χ0) is 20.3. The van der Waals surface area contributed by atoms with Crippen LogP contribution in [0.3, 0.4) is 0 Å². The number of benzene rings is 5. The number of halogens is 1. The average molecular weight is 450 g/mol. The normalized spacial score (nSPS) is 10.8. The summed E-state index contributed by atoms with van der Waals surface area (Å²) in [4.78, 5) is 2.33. The number of hydrogen-bond donors (Lipinski definition) is 0. The van der Waals surface area contributed by atoms with Gasteiger partial charge in [-0.1, -0.05) is 94.8 Å². The predicted molar refractivity (Wildman–Crippen MR) is 132 cm³/mol. The van der Waals surface area contributed by atoms with Crippen molar-refractivity contribution in [1.29, 1.82) is 0 Å². The second-order valence-corrected chi connectivity index (χ2v) is 8.14. The van der Waals surface area contributed by atoms with E-state index in [-0.39, 0.29) is 0 Å². The van der Waals surface area contributed by atoms with E-state index in [1.165, 1.54) is 27.6 Å². The van der Waals surface area contributed by atoms with E-state index in [2.05, 4.69) is 142 Å². The third-order valence-corrected chi connectivity index (χ3v) is 5.85. The monoisotopic (exact) mass is 449 g/mol. The minimum absolute atomic E-state index is 1.09. The number of fused-ring (bicyclic) bond motifs is 1. The largest absolute Gasteiger partial charge is 0.310 e. The molecule has 0 N–H and O–H groups in total. The van der Waals surface area contributed by atoms with Gasteiger partial charge in [0, 0.05) is 21.2 Å². The quantitative estimate of drug-likeness (QED) is 0.265. The first-order valence-electron chi connectivity index (χ1n) is 9.98. The molecule has 1 nitrogen and oxygen atoms in total. The molecule has 5 aromatic rings. The Balaban J connectivity index is 1.63. The van der Waals surface area contributed by atoms with Crippen molar-refractivity contribution in [2.24, 2.45) is 0 Å². The van der Waals surface area contributed by atoms with E-state index in [0.29, 0.717) is 0 Å². The molecule has 2 heteroatoms. The van der Waals surface area contributed by atoms with E-state index in [0.717, 1.165) is 15.8 Å². The molecule has 0 bridgehead atoms. The van der Waals surface area contributed by atoms with Crippen LogP contribution in [0.5, 0.6) is 0 Å². The van der Waals surface area contributed by atoms with Crippen LogP contribution in [0.15, 0.2) is 126 Å². The minimum Gasteiger partial charge on any atom is -0.310 e. The van der Waals surface area contributed by atoms with E-state index in [9.17, 15) is 0 Å². The van der Waals surface area contributed by atoms with Crippen molar-refractivity contribution in [2.45, 2.75) is 0 Å². The van der Waals surface area contributed by atoms with Crippen molar-refractivity contribution in [2.75, 3.05) is 4.90 Å². The van der Waals surface area contributed by atoms with Crippen molar-refractivity contribution in [1.82, 2.24) is 0 Å². The zero-order valence-corrected chi connectivity index (χ0v) is 18.0. The topological polar surface area (TPSA) is 3.24 Å². The second-order valence-electron chi connectivity index (χ2n) is 7.22. The number of nitrogens with zero attached hydrogens (tertiary/aromatic N) is 1. The van der Waals surface area contributed by atoms with Gasteiger partial charge in [0.1, 0.15) is 0 Å². The molecule has 0 spiro atoms. The lowest BCUT2D eigenvalue weighted by Crippen LogP contribution is -2.10. The molecule has 0 radical (unpaired) electrons. The van der Waals surface area contributed by atoms with Gasteiger partial charge in [0.2, 0.25) is 0 Å². The van der Waals surface area contributed by atoms with Gasteiger partial charge in [0.15, 0.2) is 0 Å². The van der Waals surface area contributed by atoms with Crippen LogP contribution < -0.4 is 4.90 Å². The summed E-state index contributed by atoms with van der Waals surface area (Å²) >= 11 is 3.51. The van der Waals surface area contributed by atoms with Gasteiger partial charge in [-0.3, -0.25) is 0 Å². The summed E-state index contributed by atoms with van der Waals surface area (Å²) in [5, 5.41) is 2.48. The fraction of sp³-hybridized carbons (Fsp3) is 0. The summed E-state index contributed by atoms with van der Waals surface area (Å²) in [5.41, 5.74) is 5.87. The van der Waals surface area contributed by atoms with Crippen LogP contribution in [0, 0.1) is 0 Å². The van der Waals surface area contributed by atoms with Crippen LogP contribution >= 0.6 is 15.9 Å². The number of para-hydroxylation sites is 1. The van der Waals surface area contributed by atoms with E-state index in [1.807, 2.05) is 0 Å². The lowest BCUT2D eigenvalue weighted by molar-refractivity contribution is 1.30. The molecule has 30 heavy (non-hydrogen) atoms. The molecule has 0 aliphatic heterocycles. The molecule has 0 unspecified atom stereocenters. The summed E-state index contributed by atoms with van der Waals surface area (Å²) in [5.74, 6) is 0. The van der Waals surface area contributed by atoms with E-state index < -0.39 is 0 Å². The summed E-state index contributed by atoms with van der Waals surface area (Å²) < 4.78 is 1.09. The Morgan fingerprint density at radius 1 is 0.467 bits per heavy atom. The fourth-order valence-corrected chi connectivity index (χ4v) is 4.12. The third-order valence-electron chi connectivity index (χ3n) is 5.32. The zero-order valence-electron chi connectivity index (χ0n) is 16.4. The van der Waals surface area contributed by atoms with Crippen molar-refractivity contribution in [3.63, 3.8) is 0 Å². The number of rotatable bonds is 4. The highest BCUT2D eigenvalue weighted by Gasteiger charge is 2.14. The molecule has 144 valence electrons. The molecule has 0 saturated heterocycles. The molecule has 0 atom stereocenters. The summed E-state index contributed by atoms with van der Waals surface area (Å²) in [6, 6.07) is 42.8. The fourth-order valence-electron chi connectivity index (χ4n) is 3.85. The molecule has 0 aliphatic rings. The first-order valence-corrected chi connectivity index (χ1v) is 10.8. The maximum Gasteiger partial charge on any atom is 0.0540 e. The van der Waals surface area contributed by atoms with Gasteiger partial charge < -0.3 is 4.90 Å². The smallest absolute Gasteiger partial charge is 0.0540 e. The Hall–Kier alpha value is -3.36. The molecule has 0 aromatic heterocycles. The third kappa shape index (κ3) is 3.62. The minimum atomic E-state index is 1.09. The van der Waals surface area contributed by atoms with Gasteiger partial charge in [-0.25, -0.2) is 0 Å². The Kier molecular flexibility index (Phi) is 5.08. The van der Waals surface area contributed by atoms with Crippen LogP contribution in [0.1, 0.15) is 0 Å². The van der Waals surface area contributed by atoms with Crippen molar-refractivity contribution >= 4 is 43.8 Å². The second kappa shape index (κ2) is 8.17. The summed E-state index contributed by atoms with van der Waals surface area (Å²) in [7, 11) is 0. The lowest BCUT2D eigenvalue weighted by atomic mass is 10.0. The van der Waals surface area contributed by atoms with Crippen LogP contribution in [0.4, 0.5) is 17.1 Å². The van der Waals surface area contributed by atoms with Crippen LogP contribution in [0.2, 0.25) is 0 Å². The molecule has 0 amide bonds. The summed E-state index contributed by atoms with van der Waals surface area (Å²) in [6.45, 7) is 0. The molecule has 0 heterocycles. The van der Waals surface area contributed by atoms with Gasteiger partial charge in [0.25, 0.3) is 0 Å². The van der Waals surface area contributed by atoms with Gasteiger partial charge in [-0.2, -0.15) is 0 Å². The Morgan fingerprint density at radius 3 is 1.77 bits per heavy atom. The standard InChI is InChI=1S/C28H20BrN/c29-24-17-13-21(14-18-24)22-15-19-26(20-16-22)30(25-9-2-1-3-10-25)28-12-6-8-23-7-4-5-11-27(23)28/h1-20H. The van der Waals surface area contributed by atoms with Gasteiger partial charge >= 0.3 is 0 Å². The first-order chi connectivity index (χ1) is 14.8. The van der Waals surface area contributed by atoms with Crippen LogP contribution in [-0.2, 0) is 0 Å². The Labute approximate surface area is 185 Å². The van der Waals surface area contributed by atoms with Crippen LogP contribution in [0.25, 0.3) is 21.9 Å². The SMILES string of the molecule is Brc1ccc(-c2ccc(N(c3ccccc3)c3cccc4ccccc34)cc2)cc1. The van der Waals surface area contributed by atoms with E-state index in [1.54, 1.807) is 0 Å². The molecule has 0 aliphatic carbocycles. The average Bonchev–Trinajstić information content (AvgIpc) is 2.81. The molecule has 0 fully saturated rings. The molecule has 0 saturated carbocycles. The van der Waals surface area contributed by atoms with E-state index >= 15 is 0 Å². The molecular weight excluding hydrogens is 430 g/mol. The predicted octanol–water partition coefficient (Wildman–Crippen LogP) is 8.74. The first kappa shape index (κ1) is 18.7. The maximum absolute atomic E-state index is 3.51. The molecule has 5 rings (SSSR count). The van der Waals surface area contributed by atoms with Crippen molar-refractivity contribution in [3.05, 3.63) is 126 Å².